The highest BCUT2D eigenvalue weighted by atomic mass is 16.3. The molecule has 1 aliphatic heterocycles. The first kappa shape index (κ1) is 11.3. The second-order valence-electron chi connectivity index (χ2n) is 4.71. The second-order valence-corrected chi connectivity index (χ2v) is 4.71. The molecule has 0 bridgehead atoms. The van der Waals surface area contributed by atoms with Crippen LogP contribution in [0.25, 0.3) is 0 Å². The molecule has 1 aliphatic carbocycles. The van der Waals surface area contributed by atoms with Gasteiger partial charge in [0.2, 0.25) is 0 Å². The van der Waals surface area contributed by atoms with Crippen LogP contribution in [0.2, 0.25) is 0 Å². The predicted molar refractivity (Wildman–Crippen MR) is 58.4 cm³/mol. The van der Waals surface area contributed by atoms with E-state index in [9.17, 15) is 14.7 Å². The summed E-state index contributed by atoms with van der Waals surface area (Å²) in [6.45, 7) is 2.29. The van der Waals surface area contributed by atoms with Gasteiger partial charge in [-0.3, -0.25) is 14.5 Å². The fraction of sp³-hybridized carbons (Fsp3) is 0.667. The quantitative estimate of drug-likeness (QED) is 0.717. The maximum Gasteiger partial charge on any atom is 0.256 e. The largest absolute Gasteiger partial charge is 0.396 e. The summed E-state index contributed by atoms with van der Waals surface area (Å²) in [5.41, 5.74) is 0.517. The molecule has 2 amide bonds. The third kappa shape index (κ3) is 1.89. The molecule has 0 saturated heterocycles. The molecular formula is C12H17NO3. The number of carbonyl (C=O) groups excluding carboxylic acids is 2. The third-order valence-corrected chi connectivity index (χ3v) is 3.66. The Morgan fingerprint density at radius 1 is 1.38 bits per heavy atom. The first-order valence-electron chi connectivity index (χ1n) is 5.78. The highest BCUT2D eigenvalue weighted by Crippen LogP contribution is 2.32. The summed E-state index contributed by atoms with van der Waals surface area (Å²) in [5, 5.41) is 9.19. The van der Waals surface area contributed by atoms with E-state index in [1.165, 1.54) is 11.0 Å². The van der Waals surface area contributed by atoms with Gasteiger partial charge in [0.1, 0.15) is 0 Å². The van der Waals surface area contributed by atoms with Crippen molar-refractivity contribution in [2.45, 2.75) is 26.2 Å². The summed E-state index contributed by atoms with van der Waals surface area (Å²) in [6.07, 6.45) is 4.48. The zero-order valence-corrected chi connectivity index (χ0v) is 9.48. The summed E-state index contributed by atoms with van der Waals surface area (Å²) in [4.78, 5) is 24.5. The number of hydrogen-bond donors (Lipinski definition) is 1. The predicted octanol–water partition coefficient (Wildman–Crippen LogP) is 0.710. The maximum atomic E-state index is 11.7. The van der Waals surface area contributed by atoms with Crippen LogP contribution in [0.15, 0.2) is 11.6 Å². The average Bonchev–Trinajstić information content (AvgIpc) is 2.79. The van der Waals surface area contributed by atoms with Crippen molar-refractivity contribution in [3.8, 4) is 0 Å². The van der Waals surface area contributed by atoms with Crippen LogP contribution in [0, 0.1) is 11.8 Å². The number of carbonyl (C=O) groups is 2. The fourth-order valence-electron chi connectivity index (χ4n) is 2.64. The van der Waals surface area contributed by atoms with E-state index in [1.807, 2.05) is 0 Å². The SMILES string of the molecule is CC1=CC(=O)N(CC2CCCC2CO)C1=O. The molecule has 0 aromatic rings. The van der Waals surface area contributed by atoms with E-state index in [-0.39, 0.29) is 30.3 Å². The Morgan fingerprint density at radius 2 is 2.06 bits per heavy atom. The molecule has 1 fully saturated rings. The Labute approximate surface area is 94.9 Å². The van der Waals surface area contributed by atoms with E-state index in [0.29, 0.717) is 12.1 Å². The number of imide groups is 1. The van der Waals surface area contributed by atoms with Gasteiger partial charge in [0.05, 0.1) is 0 Å². The van der Waals surface area contributed by atoms with Gasteiger partial charge in [0.25, 0.3) is 11.8 Å². The first-order valence-corrected chi connectivity index (χ1v) is 5.78. The normalized spacial score (nSPS) is 30.1. The van der Waals surface area contributed by atoms with E-state index < -0.39 is 0 Å². The molecule has 16 heavy (non-hydrogen) atoms. The van der Waals surface area contributed by atoms with Crippen LogP contribution in [-0.2, 0) is 9.59 Å². The molecule has 0 aromatic carbocycles. The standard InChI is InChI=1S/C12H17NO3/c1-8-5-11(15)13(12(8)16)6-9-3-2-4-10(9)7-14/h5,9-10,14H,2-4,6-7H2,1H3. The molecule has 2 rings (SSSR count). The molecule has 2 aliphatic rings. The molecule has 4 nitrogen and oxygen atoms in total. The smallest absolute Gasteiger partial charge is 0.256 e. The van der Waals surface area contributed by atoms with E-state index >= 15 is 0 Å². The molecule has 1 N–H and O–H groups in total. The second kappa shape index (κ2) is 4.37. The minimum atomic E-state index is -0.203. The van der Waals surface area contributed by atoms with Crippen LogP contribution in [-0.4, -0.2) is 35.0 Å². The van der Waals surface area contributed by atoms with E-state index in [1.54, 1.807) is 6.92 Å². The number of nitrogens with zero attached hydrogens (tertiary/aromatic N) is 1. The van der Waals surface area contributed by atoms with Gasteiger partial charge in [-0.05, 0) is 31.6 Å². The molecule has 0 radical (unpaired) electrons. The summed E-state index contributed by atoms with van der Waals surface area (Å²) >= 11 is 0. The van der Waals surface area contributed by atoms with Crippen LogP contribution in [0.4, 0.5) is 0 Å². The van der Waals surface area contributed by atoms with Gasteiger partial charge in [0.15, 0.2) is 0 Å². The summed E-state index contributed by atoms with van der Waals surface area (Å²) in [5.74, 6) is 0.151. The monoisotopic (exact) mass is 223 g/mol. The topological polar surface area (TPSA) is 57.6 Å². The number of aliphatic hydroxyl groups excluding tert-OH is 1. The Kier molecular flexibility index (Phi) is 3.10. The minimum Gasteiger partial charge on any atom is -0.396 e. The van der Waals surface area contributed by atoms with Crippen LogP contribution in [0.5, 0.6) is 0 Å². The van der Waals surface area contributed by atoms with Gasteiger partial charge < -0.3 is 5.11 Å². The Balaban J connectivity index is 2.00. The van der Waals surface area contributed by atoms with Crippen molar-refractivity contribution in [3.05, 3.63) is 11.6 Å². The van der Waals surface area contributed by atoms with Crippen molar-refractivity contribution < 1.29 is 14.7 Å². The summed E-state index contributed by atoms with van der Waals surface area (Å²) < 4.78 is 0. The summed E-state index contributed by atoms with van der Waals surface area (Å²) in [6, 6.07) is 0. The number of amides is 2. The molecule has 88 valence electrons. The van der Waals surface area contributed by atoms with E-state index in [0.717, 1.165) is 19.3 Å². The molecule has 4 heteroatoms. The average molecular weight is 223 g/mol. The van der Waals surface area contributed by atoms with Gasteiger partial charge in [-0.15, -0.1) is 0 Å². The van der Waals surface area contributed by atoms with Gasteiger partial charge in [-0.1, -0.05) is 6.42 Å². The Bertz CT molecular complexity index is 348. The highest BCUT2D eigenvalue weighted by Gasteiger charge is 2.34. The number of hydrogen-bond acceptors (Lipinski definition) is 3. The Morgan fingerprint density at radius 3 is 2.62 bits per heavy atom. The Hall–Kier alpha value is -1.16. The molecule has 1 saturated carbocycles. The van der Waals surface area contributed by atoms with Crippen molar-refractivity contribution in [1.82, 2.24) is 4.90 Å². The lowest BCUT2D eigenvalue weighted by Crippen LogP contribution is -2.37. The van der Waals surface area contributed by atoms with Crippen molar-refractivity contribution >= 4 is 11.8 Å². The highest BCUT2D eigenvalue weighted by molar-refractivity contribution is 6.15. The van der Waals surface area contributed by atoms with Crippen LogP contribution in [0.3, 0.4) is 0 Å². The zero-order chi connectivity index (χ0) is 11.7. The molecule has 0 aromatic heterocycles. The molecule has 2 unspecified atom stereocenters. The molecule has 0 spiro atoms. The molecule has 1 heterocycles. The van der Waals surface area contributed by atoms with Gasteiger partial charge in [-0.2, -0.15) is 0 Å². The van der Waals surface area contributed by atoms with Crippen molar-refractivity contribution in [2.75, 3.05) is 13.2 Å². The van der Waals surface area contributed by atoms with Gasteiger partial charge in [-0.25, -0.2) is 0 Å². The van der Waals surface area contributed by atoms with Crippen molar-refractivity contribution in [1.29, 1.82) is 0 Å². The van der Waals surface area contributed by atoms with E-state index in [4.69, 9.17) is 0 Å². The summed E-state index contributed by atoms with van der Waals surface area (Å²) in [7, 11) is 0. The lowest BCUT2D eigenvalue weighted by Gasteiger charge is -2.23. The van der Waals surface area contributed by atoms with Crippen LogP contribution < -0.4 is 0 Å². The first-order chi connectivity index (χ1) is 7.63. The van der Waals surface area contributed by atoms with Gasteiger partial charge in [0, 0.05) is 24.8 Å². The van der Waals surface area contributed by atoms with Crippen LogP contribution >= 0.6 is 0 Å². The lowest BCUT2D eigenvalue weighted by atomic mass is 9.96. The van der Waals surface area contributed by atoms with Crippen molar-refractivity contribution in [2.24, 2.45) is 11.8 Å². The zero-order valence-electron chi connectivity index (χ0n) is 9.48. The fourth-order valence-corrected chi connectivity index (χ4v) is 2.64. The van der Waals surface area contributed by atoms with E-state index in [2.05, 4.69) is 0 Å². The van der Waals surface area contributed by atoms with Gasteiger partial charge >= 0.3 is 0 Å². The number of aliphatic hydroxyl groups is 1. The maximum absolute atomic E-state index is 11.7. The van der Waals surface area contributed by atoms with Crippen molar-refractivity contribution in [3.63, 3.8) is 0 Å². The third-order valence-electron chi connectivity index (χ3n) is 3.66. The molecular weight excluding hydrogens is 206 g/mol. The lowest BCUT2D eigenvalue weighted by molar-refractivity contribution is -0.138. The minimum absolute atomic E-state index is 0.160. The van der Waals surface area contributed by atoms with Crippen LogP contribution in [0.1, 0.15) is 26.2 Å². The number of rotatable bonds is 3. The molecule has 2 atom stereocenters.